The largest absolute Gasteiger partial charge is 0.276 e. The van der Waals surface area contributed by atoms with E-state index in [9.17, 15) is 9.65 Å². The van der Waals surface area contributed by atoms with Gasteiger partial charge >= 0.3 is 0 Å². The van der Waals surface area contributed by atoms with E-state index in [1.165, 1.54) is 10.6 Å². The third-order valence-corrected chi connectivity index (χ3v) is 4.33. The molecule has 4 heterocycles. The third-order valence-electron chi connectivity index (χ3n) is 4.33. The zero-order chi connectivity index (χ0) is 19.9. The molecule has 140 valence electrons. The minimum absolute atomic E-state index is 0.102. The van der Waals surface area contributed by atoms with E-state index in [1.54, 1.807) is 30.6 Å². The summed E-state index contributed by atoms with van der Waals surface area (Å²) in [6.07, 6.45) is 6.56. The van der Waals surface area contributed by atoms with E-state index in [1.807, 2.05) is 16.9 Å². The molecular formula is C21H19FN6. The van der Waals surface area contributed by atoms with Crippen LogP contribution >= 0.6 is 0 Å². The van der Waals surface area contributed by atoms with Crippen molar-refractivity contribution >= 4 is 5.65 Å². The highest BCUT2D eigenvalue weighted by Gasteiger charge is 2.16. The Bertz CT molecular complexity index is 1210. The van der Waals surface area contributed by atoms with Gasteiger partial charge in [-0.3, -0.25) is 9.08 Å². The van der Waals surface area contributed by atoms with Crippen LogP contribution in [0.4, 0.5) is 4.39 Å². The molecule has 0 N–H and O–H groups in total. The summed E-state index contributed by atoms with van der Waals surface area (Å²) in [6.45, 7) is 7.25. The molecule has 0 unspecified atom stereocenters. The molecule has 0 bridgehead atoms. The van der Waals surface area contributed by atoms with Crippen LogP contribution in [0.15, 0.2) is 49.1 Å². The Morgan fingerprint density at radius 2 is 1.96 bits per heavy atom. The molecule has 0 saturated heterocycles. The topological polar surface area (TPSA) is 71.8 Å². The van der Waals surface area contributed by atoms with E-state index in [4.69, 9.17) is 0 Å². The molecule has 4 rings (SSSR count). The second-order valence-electron chi connectivity index (χ2n) is 7.92. The van der Waals surface area contributed by atoms with Crippen molar-refractivity contribution in [2.75, 3.05) is 0 Å². The highest BCUT2D eigenvalue weighted by atomic mass is 19.1. The zero-order valence-corrected chi connectivity index (χ0v) is 15.9. The standard InChI is InChI=1S/C21H19FN6/c1-21(2,3)13-27-12-15(10-25-27)17-5-4-16(9-23)26-20(17)14-6-7-28-18(22)11-24-19(28)8-14/h4-8,10-12H,13H2,1-3H3. The second kappa shape index (κ2) is 6.57. The van der Waals surface area contributed by atoms with Gasteiger partial charge < -0.3 is 0 Å². The molecule has 7 heteroatoms. The van der Waals surface area contributed by atoms with Crippen molar-refractivity contribution in [1.29, 1.82) is 5.26 Å². The van der Waals surface area contributed by atoms with Crippen LogP contribution < -0.4 is 0 Å². The lowest BCUT2D eigenvalue weighted by Gasteiger charge is -2.17. The summed E-state index contributed by atoms with van der Waals surface area (Å²) in [5.74, 6) is -0.427. The van der Waals surface area contributed by atoms with Gasteiger partial charge in [0, 0.05) is 35.6 Å². The molecular weight excluding hydrogens is 355 g/mol. The first-order valence-corrected chi connectivity index (χ1v) is 8.91. The number of halogens is 1. The number of hydrogen-bond acceptors (Lipinski definition) is 4. The fourth-order valence-corrected chi connectivity index (χ4v) is 3.15. The van der Waals surface area contributed by atoms with Gasteiger partial charge in [-0.15, -0.1) is 0 Å². The molecule has 0 atom stereocenters. The van der Waals surface area contributed by atoms with Gasteiger partial charge in [0.15, 0.2) is 0 Å². The zero-order valence-electron chi connectivity index (χ0n) is 15.9. The van der Waals surface area contributed by atoms with Gasteiger partial charge in [-0.1, -0.05) is 20.8 Å². The Morgan fingerprint density at radius 1 is 1.14 bits per heavy atom. The maximum atomic E-state index is 13.7. The Kier molecular flexibility index (Phi) is 4.19. The maximum Gasteiger partial charge on any atom is 0.217 e. The summed E-state index contributed by atoms with van der Waals surface area (Å²) in [4.78, 5) is 8.58. The van der Waals surface area contributed by atoms with Gasteiger partial charge in [0.1, 0.15) is 17.4 Å². The van der Waals surface area contributed by atoms with Crippen molar-refractivity contribution in [2.24, 2.45) is 5.41 Å². The molecule has 0 amide bonds. The van der Waals surface area contributed by atoms with E-state index in [0.29, 0.717) is 17.0 Å². The Balaban J connectivity index is 1.83. The van der Waals surface area contributed by atoms with Crippen LogP contribution in [0, 0.1) is 22.7 Å². The molecule has 4 aromatic heterocycles. The first-order valence-electron chi connectivity index (χ1n) is 8.91. The van der Waals surface area contributed by atoms with Gasteiger partial charge in [0.05, 0.1) is 18.1 Å². The SMILES string of the molecule is CC(C)(C)Cn1cc(-c2ccc(C#N)nc2-c2ccn3c(F)cnc3c2)cn1. The summed E-state index contributed by atoms with van der Waals surface area (Å²) in [6, 6.07) is 9.17. The van der Waals surface area contributed by atoms with Crippen LogP contribution in [-0.4, -0.2) is 24.1 Å². The number of hydrogen-bond donors (Lipinski definition) is 0. The fraction of sp³-hybridized carbons (Fsp3) is 0.238. The normalized spacial score (nSPS) is 11.7. The third kappa shape index (κ3) is 3.37. The van der Waals surface area contributed by atoms with Gasteiger partial charge in [-0.25, -0.2) is 9.97 Å². The van der Waals surface area contributed by atoms with Gasteiger partial charge in [-0.2, -0.15) is 14.8 Å². The van der Waals surface area contributed by atoms with Crippen molar-refractivity contribution in [3.05, 3.63) is 60.7 Å². The summed E-state index contributed by atoms with van der Waals surface area (Å²) in [5, 5.41) is 13.7. The molecule has 0 radical (unpaired) electrons. The summed E-state index contributed by atoms with van der Waals surface area (Å²) < 4.78 is 17.0. The molecule has 6 nitrogen and oxygen atoms in total. The highest BCUT2D eigenvalue weighted by molar-refractivity contribution is 5.81. The summed E-state index contributed by atoms with van der Waals surface area (Å²) in [5.41, 5.74) is 4.06. The maximum absolute atomic E-state index is 13.7. The molecule has 0 spiro atoms. The highest BCUT2D eigenvalue weighted by Crippen LogP contribution is 2.31. The first kappa shape index (κ1) is 17.9. The van der Waals surface area contributed by atoms with Crippen LogP contribution in [0.5, 0.6) is 0 Å². The number of aromatic nitrogens is 5. The predicted molar refractivity (Wildman–Crippen MR) is 104 cm³/mol. The number of rotatable bonds is 3. The predicted octanol–water partition coefficient (Wildman–Crippen LogP) is 4.32. The minimum Gasteiger partial charge on any atom is -0.276 e. The lowest BCUT2D eigenvalue weighted by atomic mass is 9.97. The summed E-state index contributed by atoms with van der Waals surface area (Å²) in [7, 11) is 0. The van der Waals surface area contributed by atoms with Crippen LogP contribution in [0.1, 0.15) is 26.5 Å². The number of fused-ring (bicyclic) bond motifs is 1. The molecule has 0 saturated carbocycles. The Morgan fingerprint density at radius 3 is 2.71 bits per heavy atom. The average Bonchev–Trinajstić information content (AvgIpc) is 3.26. The lowest BCUT2D eigenvalue weighted by molar-refractivity contribution is 0.325. The van der Waals surface area contributed by atoms with Crippen molar-refractivity contribution in [3.8, 4) is 28.5 Å². The number of nitriles is 1. The van der Waals surface area contributed by atoms with Crippen molar-refractivity contribution in [2.45, 2.75) is 27.3 Å². The van der Waals surface area contributed by atoms with Crippen molar-refractivity contribution < 1.29 is 4.39 Å². The van der Waals surface area contributed by atoms with E-state index in [2.05, 4.69) is 41.9 Å². The van der Waals surface area contributed by atoms with Crippen LogP contribution in [0.3, 0.4) is 0 Å². The number of imidazole rings is 1. The van der Waals surface area contributed by atoms with Gasteiger partial charge in [0.25, 0.3) is 0 Å². The van der Waals surface area contributed by atoms with Crippen LogP contribution in [0.25, 0.3) is 28.0 Å². The molecule has 0 fully saturated rings. The Hall–Kier alpha value is -3.53. The van der Waals surface area contributed by atoms with Crippen LogP contribution in [0.2, 0.25) is 0 Å². The minimum atomic E-state index is -0.427. The number of nitrogens with zero attached hydrogens (tertiary/aromatic N) is 6. The summed E-state index contributed by atoms with van der Waals surface area (Å²) >= 11 is 0. The molecule has 4 aromatic rings. The van der Waals surface area contributed by atoms with Crippen LogP contribution in [-0.2, 0) is 6.54 Å². The smallest absolute Gasteiger partial charge is 0.217 e. The van der Waals surface area contributed by atoms with E-state index in [0.717, 1.165) is 23.2 Å². The monoisotopic (exact) mass is 374 g/mol. The van der Waals surface area contributed by atoms with Gasteiger partial charge in [0.2, 0.25) is 5.95 Å². The molecule has 28 heavy (non-hydrogen) atoms. The van der Waals surface area contributed by atoms with E-state index < -0.39 is 5.95 Å². The molecule has 0 aliphatic heterocycles. The van der Waals surface area contributed by atoms with E-state index >= 15 is 0 Å². The first-order chi connectivity index (χ1) is 13.3. The fourth-order valence-electron chi connectivity index (χ4n) is 3.15. The van der Waals surface area contributed by atoms with Crippen molar-refractivity contribution in [3.63, 3.8) is 0 Å². The Labute approximate surface area is 161 Å². The van der Waals surface area contributed by atoms with Gasteiger partial charge in [-0.05, 0) is 29.7 Å². The molecule has 0 aromatic carbocycles. The lowest BCUT2D eigenvalue weighted by Crippen LogP contribution is -2.15. The number of pyridine rings is 2. The quantitative estimate of drug-likeness (QED) is 0.535. The van der Waals surface area contributed by atoms with Crippen molar-refractivity contribution in [1.82, 2.24) is 24.1 Å². The second-order valence-corrected chi connectivity index (χ2v) is 7.92. The average molecular weight is 374 g/mol. The molecule has 0 aliphatic rings. The molecule has 0 aliphatic carbocycles. The van der Waals surface area contributed by atoms with E-state index in [-0.39, 0.29) is 5.41 Å².